The molecule has 0 aliphatic carbocycles. The van der Waals surface area contributed by atoms with Gasteiger partial charge in [0.15, 0.2) is 0 Å². The van der Waals surface area contributed by atoms with Crippen LogP contribution in [0.1, 0.15) is 22.3 Å². The monoisotopic (exact) mass is 664 g/mol. The minimum Gasteiger partial charge on any atom is -0.491 e. The van der Waals surface area contributed by atoms with Crippen LogP contribution in [0.3, 0.4) is 0 Å². The molecular formula is C34H34Br2O4. The number of ether oxygens (including phenoxy) is 4. The van der Waals surface area contributed by atoms with Crippen molar-refractivity contribution >= 4 is 43.0 Å². The van der Waals surface area contributed by atoms with Gasteiger partial charge in [-0.25, -0.2) is 0 Å². The van der Waals surface area contributed by atoms with Crippen LogP contribution in [-0.4, -0.2) is 50.3 Å². The Kier molecular flexibility index (Phi) is 12.8. The lowest BCUT2D eigenvalue weighted by molar-refractivity contribution is 0.112. The molecule has 40 heavy (non-hydrogen) atoms. The van der Waals surface area contributed by atoms with Crippen LogP contribution in [0.2, 0.25) is 0 Å². The molecule has 0 atom stereocenters. The van der Waals surface area contributed by atoms with Gasteiger partial charge in [-0.2, -0.15) is 0 Å². The highest BCUT2D eigenvalue weighted by atomic mass is 79.9. The fourth-order valence-corrected chi connectivity index (χ4v) is 4.76. The lowest BCUT2D eigenvalue weighted by Gasteiger charge is -2.19. The first-order chi connectivity index (χ1) is 19.8. The van der Waals surface area contributed by atoms with E-state index >= 15 is 0 Å². The van der Waals surface area contributed by atoms with Crippen LogP contribution in [-0.2, 0) is 9.47 Å². The predicted octanol–water partition coefficient (Wildman–Crippen LogP) is 8.27. The van der Waals surface area contributed by atoms with Crippen LogP contribution in [0, 0.1) is 0 Å². The van der Waals surface area contributed by atoms with Crippen molar-refractivity contribution < 1.29 is 18.9 Å². The van der Waals surface area contributed by atoms with Gasteiger partial charge < -0.3 is 18.9 Å². The van der Waals surface area contributed by atoms with Crippen molar-refractivity contribution in [1.29, 1.82) is 0 Å². The molecule has 0 bridgehead atoms. The predicted molar refractivity (Wildman–Crippen MR) is 171 cm³/mol. The Hall–Kier alpha value is -2.90. The molecule has 4 aromatic carbocycles. The summed E-state index contributed by atoms with van der Waals surface area (Å²) in [7, 11) is 0. The van der Waals surface area contributed by atoms with E-state index in [0.717, 1.165) is 55.6 Å². The first kappa shape index (κ1) is 30.1. The molecule has 0 aromatic heterocycles. The van der Waals surface area contributed by atoms with Gasteiger partial charge in [0.25, 0.3) is 0 Å². The molecule has 0 fully saturated rings. The van der Waals surface area contributed by atoms with Crippen molar-refractivity contribution in [2.45, 2.75) is 0 Å². The lowest BCUT2D eigenvalue weighted by Crippen LogP contribution is -2.08. The smallest absolute Gasteiger partial charge is 0.119 e. The second-order valence-corrected chi connectivity index (χ2v) is 10.4. The molecule has 208 valence electrons. The van der Waals surface area contributed by atoms with Crippen molar-refractivity contribution in [1.82, 2.24) is 0 Å². The molecule has 0 radical (unpaired) electrons. The van der Waals surface area contributed by atoms with Gasteiger partial charge in [0.1, 0.15) is 24.7 Å². The number of hydrogen-bond donors (Lipinski definition) is 0. The van der Waals surface area contributed by atoms with Gasteiger partial charge in [0.05, 0.1) is 26.4 Å². The van der Waals surface area contributed by atoms with Gasteiger partial charge >= 0.3 is 0 Å². The molecule has 4 nitrogen and oxygen atoms in total. The average molecular weight is 666 g/mol. The topological polar surface area (TPSA) is 36.9 Å². The van der Waals surface area contributed by atoms with E-state index in [1.54, 1.807) is 0 Å². The molecule has 0 unspecified atom stereocenters. The van der Waals surface area contributed by atoms with Gasteiger partial charge in [-0.1, -0.05) is 117 Å². The molecule has 0 N–H and O–H groups in total. The van der Waals surface area contributed by atoms with Crippen LogP contribution >= 0.6 is 31.9 Å². The molecule has 0 saturated carbocycles. The van der Waals surface area contributed by atoms with Crippen LogP contribution in [0.4, 0.5) is 0 Å². The fraction of sp³-hybridized carbons (Fsp3) is 0.235. The summed E-state index contributed by atoms with van der Waals surface area (Å²) in [5, 5.41) is 1.64. The zero-order valence-electron chi connectivity index (χ0n) is 22.4. The maximum Gasteiger partial charge on any atom is 0.119 e. The molecule has 0 amide bonds. The minimum atomic E-state index is 0.514. The van der Waals surface area contributed by atoms with Crippen molar-refractivity contribution in [3.63, 3.8) is 0 Å². The number of rotatable bonds is 16. The van der Waals surface area contributed by atoms with Gasteiger partial charge in [0, 0.05) is 10.7 Å². The summed E-state index contributed by atoms with van der Waals surface area (Å²) in [6.45, 7) is 3.50. The third-order valence-corrected chi connectivity index (χ3v) is 6.74. The second kappa shape index (κ2) is 17.0. The highest BCUT2D eigenvalue weighted by molar-refractivity contribution is 9.09. The van der Waals surface area contributed by atoms with E-state index in [1.165, 1.54) is 0 Å². The van der Waals surface area contributed by atoms with Crippen LogP contribution in [0.15, 0.2) is 109 Å². The summed E-state index contributed by atoms with van der Waals surface area (Å²) in [6, 6.07) is 37.7. The number of hydrogen-bond acceptors (Lipinski definition) is 4. The molecular weight excluding hydrogens is 632 g/mol. The van der Waals surface area contributed by atoms with Crippen molar-refractivity contribution in [2.75, 3.05) is 50.3 Å². The highest BCUT2D eigenvalue weighted by Crippen LogP contribution is 2.37. The third kappa shape index (κ3) is 9.07. The maximum atomic E-state index is 5.91. The fourth-order valence-electron chi connectivity index (χ4n) is 4.31. The van der Waals surface area contributed by atoms with Crippen LogP contribution < -0.4 is 9.47 Å². The first-order valence-corrected chi connectivity index (χ1v) is 15.6. The van der Waals surface area contributed by atoms with E-state index in [1.807, 2.05) is 36.4 Å². The Morgan fingerprint density at radius 1 is 0.400 bits per heavy atom. The van der Waals surface area contributed by atoms with Crippen molar-refractivity contribution in [3.8, 4) is 11.5 Å². The summed E-state index contributed by atoms with van der Waals surface area (Å²) in [4.78, 5) is 0. The molecule has 0 heterocycles. The van der Waals surface area contributed by atoms with Crippen molar-refractivity contribution in [2.24, 2.45) is 0 Å². The third-order valence-electron chi connectivity index (χ3n) is 6.10. The van der Waals surface area contributed by atoms with E-state index in [9.17, 15) is 0 Å². The zero-order valence-corrected chi connectivity index (χ0v) is 25.6. The molecule has 0 aliphatic heterocycles. The number of halogens is 2. The van der Waals surface area contributed by atoms with Gasteiger partial charge in [-0.15, -0.1) is 0 Å². The molecule has 0 spiro atoms. The van der Waals surface area contributed by atoms with Crippen molar-refractivity contribution in [3.05, 3.63) is 131 Å². The Morgan fingerprint density at radius 2 is 0.750 bits per heavy atom. The zero-order chi connectivity index (χ0) is 27.8. The van der Waals surface area contributed by atoms with Gasteiger partial charge in [-0.3, -0.25) is 0 Å². The molecule has 4 rings (SSSR count). The van der Waals surface area contributed by atoms with E-state index in [2.05, 4.69) is 105 Å². The molecule has 6 heteroatoms. The first-order valence-electron chi connectivity index (χ1n) is 13.4. The Morgan fingerprint density at radius 3 is 1.10 bits per heavy atom. The summed E-state index contributed by atoms with van der Waals surface area (Å²) < 4.78 is 22.8. The second-order valence-electron chi connectivity index (χ2n) is 8.83. The largest absolute Gasteiger partial charge is 0.491 e. The average Bonchev–Trinajstić information content (AvgIpc) is 3.01. The van der Waals surface area contributed by atoms with Gasteiger partial charge in [0.2, 0.25) is 0 Å². The number of benzene rings is 4. The molecule has 0 saturated heterocycles. The van der Waals surface area contributed by atoms with E-state index < -0.39 is 0 Å². The molecule has 4 aromatic rings. The standard InChI is InChI=1S/C34H34Br2O4/c35-19-21-37-23-25-39-31-15-11-29(12-16-31)33(27-7-3-1-4-8-27)34(28-9-5-2-6-10-28)30-13-17-32(18-14-30)40-26-24-38-22-20-36/h1-18H,19-26H2. The highest BCUT2D eigenvalue weighted by Gasteiger charge is 2.16. The van der Waals surface area contributed by atoms with Gasteiger partial charge in [-0.05, 0) is 57.7 Å². The van der Waals surface area contributed by atoms with E-state index in [-0.39, 0.29) is 0 Å². The quantitative estimate of drug-likeness (QED) is 0.0686. The summed E-state index contributed by atoms with van der Waals surface area (Å²) >= 11 is 6.74. The van der Waals surface area contributed by atoms with E-state index in [0.29, 0.717) is 39.6 Å². The lowest BCUT2D eigenvalue weighted by atomic mass is 9.86. The minimum absolute atomic E-state index is 0.514. The maximum absolute atomic E-state index is 5.91. The molecule has 0 aliphatic rings. The summed E-state index contributed by atoms with van der Waals surface area (Å²) in [6.07, 6.45) is 0. The Balaban J connectivity index is 1.69. The number of alkyl halides is 2. The summed E-state index contributed by atoms with van der Waals surface area (Å²) in [5.74, 6) is 1.64. The normalized spacial score (nSPS) is 11.7. The Labute approximate surface area is 254 Å². The van der Waals surface area contributed by atoms with Crippen LogP contribution in [0.25, 0.3) is 11.1 Å². The Bertz CT molecular complexity index is 1190. The van der Waals surface area contributed by atoms with E-state index in [4.69, 9.17) is 18.9 Å². The SMILES string of the molecule is BrCCOCCOc1ccc(C(=C(c2ccccc2)c2ccc(OCCOCCBr)cc2)c2ccccc2)cc1. The van der Waals surface area contributed by atoms with Crippen LogP contribution in [0.5, 0.6) is 11.5 Å². The summed E-state index contributed by atoms with van der Waals surface area (Å²) in [5.41, 5.74) is 6.80.